The molecule has 302 valence electrons. The number of unbranched alkanes of at least 4 members (excludes halogenated alkanes) is 25. The van der Waals surface area contributed by atoms with Crippen LogP contribution in [0.15, 0.2) is 12.2 Å². The summed E-state index contributed by atoms with van der Waals surface area (Å²) < 4.78 is 11.2. The van der Waals surface area contributed by atoms with Gasteiger partial charge in [0.1, 0.15) is 24.4 Å². The van der Waals surface area contributed by atoms with Gasteiger partial charge in [-0.05, 0) is 19.3 Å². The van der Waals surface area contributed by atoms with Crippen LogP contribution < -0.4 is 5.32 Å². The minimum atomic E-state index is -1.56. The summed E-state index contributed by atoms with van der Waals surface area (Å²) in [5.74, 6) is -0.176. The summed E-state index contributed by atoms with van der Waals surface area (Å²) in [6.45, 7) is 3.76. The maximum Gasteiger partial charge on any atom is 0.220 e. The highest BCUT2D eigenvalue weighted by Crippen LogP contribution is 2.22. The molecule has 0 saturated carbocycles. The van der Waals surface area contributed by atoms with Crippen molar-refractivity contribution in [1.82, 2.24) is 5.32 Å². The van der Waals surface area contributed by atoms with Gasteiger partial charge in [-0.15, -0.1) is 0 Å². The molecule has 9 heteroatoms. The Morgan fingerprint density at radius 2 is 1.08 bits per heavy atom. The second-order valence-corrected chi connectivity index (χ2v) is 15.1. The summed E-state index contributed by atoms with van der Waals surface area (Å²) in [5.41, 5.74) is 0. The first-order valence-corrected chi connectivity index (χ1v) is 21.4. The van der Waals surface area contributed by atoms with Crippen LogP contribution in [0.1, 0.15) is 194 Å². The number of carbonyl (C=O) groups excluding carboxylic acids is 1. The minimum absolute atomic E-state index is 0.176. The molecule has 0 spiro atoms. The van der Waals surface area contributed by atoms with E-state index < -0.39 is 49.5 Å². The maximum atomic E-state index is 12.9. The molecule has 1 aliphatic heterocycles. The first kappa shape index (κ1) is 48.0. The highest BCUT2D eigenvalue weighted by atomic mass is 16.7. The SMILES string of the molecule is CCCCCCCCCCCCC/C=C/[C@@H](O)[C@H](CO[C@H]1OC(CO)[C@H](O)C(O)C1O)NC(=O)CCCCCCCCCCCCCCCCC. The molecule has 6 N–H and O–H groups in total. The van der Waals surface area contributed by atoms with E-state index in [0.29, 0.717) is 6.42 Å². The third kappa shape index (κ3) is 24.8. The summed E-state index contributed by atoms with van der Waals surface area (Å²) in [5, 5.41) is 54.0. The summed E-state index contributed by atoms with van der Waals surface area (Å²) in [4.78, 5) is 12.9. The second kappa shape index (κ2) is 33.5. The molecular weight excluding hydrogens is 646 g/mol. The number of nitrogens with one attached hydrogen (secondary N) is 1. The number of allylic oxidation sites excluding steroid dienone is 1. The van der Waals surface area contributed by atoms with Gasteiger partial charge in [0.25, 0.3) is 0 Å². The molecule has 0 bridgehead atoms. The van der Waals surface area contributed by atoms with E-state index in [0.717, 1.165) is 38.5 Å². The minimum Gasteiger partial charge on any atom is -0.394 e. The summed E-state index contributed by atoms with van der Waals surface area (Å²) in [7, 11) is 0. The Labute approximate surface area is 312 Å². The predicted molar refractivity (Wildman–Crippen MR) is 207 cm³/mol. The molecule has 3 unspecified atom stereocenters. The smallest absolute Gasteiger partial charge is 0.220 e. The summed E-state index contributed by atoms with van der Waals surface area (Å²) in [6, 6.07) is -0.796. The zero-order valence-corrected chi connectivity index (χ0v) is 32.9. The molecule has 9 nitrogen and oxygen atoms in total. The van der Waals surface area contributed by atoms with E-state index in [1.807, 2.05) is 6.08 Å². The Hall–Kier alpha value is -1.07. The van der Waals surface area contributed by atoms with Crippen molar-refractivity contribution in [2.45, 2.75) is 236 Å². The number of hydrogen-bond donors (Lipinski definition) is 6. The topological polar surface area (TPSA) is 149 Å². The molecule has 0 aromatic carbocycles. The molecule has 1 heterocycles. The van der Waals surface area contributed by atoms with Gasteiger partial charge >= 0.3 is 0 Å². The van der Waals surface area contributed by atoms with Crippen LogP contribution in [0.2, 0.25) is 0 Å². The molecule has 1 fully saturated rings. The van der Waals surface area contributed by atoms with E-state index in [1.165, 1.54) is 135 Å². The third-order valence-corrected chi connectivity index (χ3v) is 10.4. The van der Waals surface area contributed by atoms with Crippen LogP contribution in [0, 0.1) is 0 Å². The number of rotatable bonds is 35. The maximum absolute atomic E-state index is 12.9. The molecule has 0 radical (unpaired) electrons. The number of ether oxygens (including phenoxy) is 2. The number of amides is 1. The fourth-order valence-electron chi connectivity index (χ4n) is 6.86. The third-order valence-electron chi connectivity index (χ3n) is 10.4. The molecule has 7 atom stereocenters. The number of carbonyl (C=O) groups is 1. The summed E-state index contributed by atoms with van der Waals surface area (Å²) >= 11 is 0. The average molecular weight is 728 g/mol. The fourth-order valence-corrected chi connectivity index (χ4v) is 6.86. The van der Waals surface area contributed by atoms with Gasteiger partial charge in [-0.1, -0.05) is 180 Å². The van der Waals surface area contributed by atoms with Gasteiger partial charge in [0.15, 0.2) is 6.29 Å². The van der Waals surface area contributed by atoms with E-state index in [-0.39, 0.29) is 12.5 Å². The zero-order chi connectivity index (χ0) is 37.4. The van der Waals surface area contributed by atoms with Gasteiger partial charge in [0, 0.05) is 6.42 Å². The van der Waals surface area contributed by atoms with Crippen LogP contribution in [0.4, 0.5) is 0 Å². The van der Waals surface area contributed by atoms with Crippen molar-refractivity contribution in [2.75, 3.05) is 13.2 Å². The van der Waals surface area contributed by atoms with Crippen LogP contribution in [0.5, 0.6) is 0 Å². The molecule has 1 amide bonds. The number of hydrogen-bond acceptors (Lipinski definition) is 8. The predicted octanol–water partition coefficient (Wildman–Crippen LogP) is 8.17. The largest absolute Gasteiger partial charge is 0.394 e. The molecule has 0 aromatic rings. The van der Waals surface area contributed by atoms with Crippen molar-refractivity contribution >= 4 is 5.91 Å². The molecule has 0 aliphatic carbocycles. The van der Waals surface area contributed by atoms with Crippen molar-refractivity contribution in [3.63, 3.8) is 0 Å². The lowest BCUT2D eigenvalue weighted by Crippen LogP contribution is -2.60. The highest BCUT2D eigenvalue weighted by Gasteiger charge is 2.44. The van der Waals surface area contributed by atoms with Gasteiger partial charge in [-0.25, -0.2) is 0 Å². The number of aliphatic hydroxyl groups is 5. The normalized spacial score (nSPS) is 22.1. The van der Waals surface area contributed by atoms with Crippen molar-refractivity contribution in [3.8, 4) is 0 Å². The lowest BCUT2D eigenvalue weighted by molar-refractivity contribution is -0.302. The molecule has 0 aromatic heterocycles. The fraction of sp³-hybridized carbons (Fsp3) is 0.929. The van der Waals surface area contributed by atoms with Gasteiger partial charge in [-0.3, -0.25) is 4.79 Å². The summed E-state index contributed by atoms with van der Waals surface area (Å²) in [6.07, 6.45) is 29.6. The highest BCUT2D eigenvalue weighted by molar-refractivity contribution is 5.76. The van der Waals surface area contributed by atoms with E-state index in [2.05, 4.69) is 19.2 Å². The lowest BCUT2D eigenvalue weighted by Gasteiger charge is -2.40. The standard InChI is InChI=1S/C42H81NO8/c1-3-5-7-9-11-13-15-17-18-20-22-24-26-28-30-32-38(46)43-35(34-50-42-41(49)40(48)39(47)37(33-44)51-42)36(45)31-29-27-25-23-21-19-16-14-12-10-8-6-4-2/h29,31,35-37,39-42,44-45,47-49H,3-28,30,32-34H2,1-2H3,(H,43,46)/b31-29+/t35-,36+,37?,39-,40?,41?,42-/m0/s1. The molecule has 1 rings (SSSR count). The van der Waals surface area contributed by atoms with Crippen LogP contribution in [-0.2, 0) is 14.3 Å². The molecule has 51 heavy (non-hydrogen) atoms. The van der Waals surface area contributed by atoms with E-state index in [9.17, 15) is 30.3 Å². The Morgan fingerprint density at radius 1 is 0.647 bits per heavy atom. The van der Waals surface area contributed by atoms with Crippen LogP contribution in [0.3, 0.4) is 0 Å². The van der Waals surface area contributed by atoms with Gasteiger partial charge < -0.3 is 40.3 Å². The average Bonchev–Trinajstić information content (AvgIpc) is 3.13. The Kier molecular flexibility index (Phi) is 31.5. The van der Waals surface area contributed by atoms with E-state index >= 15 is 0 Å². The van der Waals surface area contributed by atoms with Crippen molar-refractivity contribution < 1.29 is 39.8 Å². The first-order chi connectivity index (χ1) is 24.8. The Bertz CT molecular complexity index is 812. The van der Waals surface area contributed by atoms with E-state index in [1.54, 1.807) is 6.08 Å². The van der Waals surface area contributed by atoms with Crippen LogP contribution in [0.25, 0.3) is 0 Å². The van der Waals surface area contributed by atoms with Crippen molar-refractivity contribution in [3.05, 3.63) is 12.2 Å². The number of aliphatic hydroxyl groups excluding tert-OH is 5. The van der Waals surface area contributed by atoms with E-state index in [4.69, 9.17) is 9.47 Å². The van der Waals surface area contributed by atoms with Crippen molar-refractivity contribution in [2.24, 2.45) is 0 Å². The second-order valence-electron chi connectivity index (χ2n) is 15.1. The van der Waals surface area contributed by atoms with Gasteiger partial charge in [0.2, 0.25) is 5.91 Å². The Morgan fingerprint density at radius 3 is 1.53 bits per heavy atom. The molecule has 1 aliphatic rings. The zero-order valence-electron chi connectivity index (χ0n) is 32.9. The molecule has 1 saturated heterocycles. The van der Waals surface area contributed by atoms with Gasteiger partial charge in [0.05, 0.1) is 25.4 Å². The monoisotopic (exact) mass is 728 g/mol. The lowest BCUT2D eigenvalue weighted by atomic mass is 9.99. The quantitative estimate of drug-likeness (QED) is 0.0283. The van der Waals surface area contributed by atoms with Gasteiger partial charge in [-0.2, -0.15) is 0 Å². The Balaban J connectivity index is 2.39. The molecular formula is C42H81NO8. The van der Waals surface area contributed by atoms with Crippen LogP contribution >= 0.6 is 0 Å². The van der Waals surface area contributed by atoms with Crippen molar-refractivity contribution in [1.29, 1.82) is 0 Å². The van der Waals surface area contributed by atoms with Crippen LogP contribution in [-0.4, -0.2) is 87.5 Å². The first-order valence-electron chi connectivity index (χ1n) is 21.4.